The van der Waals surface area contributed by atoms with Crippen LogP contribution in [-0.4, -0.2) is 28.7 Å². The van der Waals surface area contributed by atoms with Crippen LogP contribution in [0, 0.1) is 5.92 Å². The number of carbonyl (C=O) groups is 1. The van der Waals surface area contributed by atoms with Gasteiger partial charge < -0.3 is 15.0 Å². The number of nitrogens with zero attached hydrogens (tertiary/aromatic N) is 1. The lowest BCUT2D eigenvalue weighted by atomic mass is 10.1. The second-order valence-electron chi connectivity index (χ2n) is 5.07. The number of para-hydroxylation sites is 1. The van der Waals surface area contributed by atoms with Crippen molar-refractivity contribution >= 4 is 28.4 Å². The molecule has 1 atom stereocenters. The summed E-state index contributed by atoms with van der Waals surface area (Å²) in [5, 5.41) is 13.1. The first-order valence-corrected chi connectivity index (χ1v) is 7.06. The molecule has 20 heavy (non-hydrogen) atoms. The smallest absolute Gasteiger partial charge is 0.269 e. The molecule has 1 aromatic carbocycles. The molecule has 1 aromatic heterocycles. The van der Waals surface area contributed by atoms with Gasteiger partial charge in [0.15, 0.2) is 0 Å². The molecule has 2 aromatic rings. The Morgan fingerprint density at radius 2 is 2.15 bits per heavy atom. The van der Waals surface area contributed by atoms with Crippen molar-refractivity contribution in [2.24, 2.45) is 13.0 Å². The zero-order valence-corrected chi connectivity index (χ0v) is 12.4. The number of aliphatic hydroxyl groups is 1. The first-order chi connectivity index (χ1) is 9.56. The van der Waals surface area contributed by atoms with Crippen molar-refractivity contribution in [2.75, 3.05) is 13.2 Å². The summed E-state index contributed by atoms with van der Waals surface area (Å²) < 4.78 is 1.81. The lowest BCUT2D eigenvalue weighted by Gasteiger charge is -2.12. The van der Waals surface area contributed by atoms with Gasteiger partial charge in [-0.15, -0.1) is 0 Å². The largest absolute Gasteiger partial charge is 0.396 e. The summed E-state index contributed by atoms with van der Waals surface area (Å²) in [7, 11) is 1.83. The molecule has 0 saturated heterocycles. The van der Waals surface area contributed by atoms with E-state index in [1.54, 1.807) is 0 Å². The van der Waals surface area contributed by atoms with Crippen molar-refractivity contribution in [1.29, 1.82) is 0 Å². The number of benzene rings is 1. The number of aliphatic hydroxyl groups excluding tert-OH is 1. The van der Waals surface area contributed by atoms with Gasteiger partial charge in [-0.25, -0.2) is 0 Å². The zero-order valence-electron chi connectivity index (χ0n) is 11.7. The molecule has 0 aliphatic heterocycles. The third-order valence-electron chi connectivity index (χ3n) is 3.49. The molecule has 108 valence electrons. The minimum atomic E-state index is -0.182. The molecule has 0 aliphatic carbocycles. The van der Waals surface area contributed by atoms with Gasteiger partial charge in [-0.2, -0.15) is 0 Å². The number of aryl methyl sites for hydroxylation is 1. The Morgan fingerprint density at radius 1 is 1.45 bits per heavy atom. The average Bonchev–Trinajstić information content (AvgIpc) is 2.69. The number of fused-ring (bicyclic) bond motifs is 1. The second-order valence-corrected chi connectivity index (χ2v) is 5.44. The van der Waals surface area contributed by atoms with Crippen LogP contribution < -0.4 is 5.32 Å². The SMILES string of the molecule is CC(CCO)CNC(=O)c1c(Cl)c2ccccc2n1C. The van der Waals surface area contributed by atoms with Crippen molar-refractivity contribution in [3.8, 4) is 0 Å². The maximum atomic E-state index is 12.3. The molecule has 0 spiro atoms. The number of hydrogen-bond acceptors (Lipinski definition) is 2. The second kappa shape index (κ2) is 6.29. The van der Waals surface area contributed by atoms with Crippen LogP contribution in [-0.2, 0) is 7.05 Å². The van der Waals surface area contributed by atoms with E-state index in [-0.39, 0.29) is 18.4 Å². The van der Waals surface area contributed by atoms with Crippen molar-refractivity contribution in [3.63, 3.8) is 0 Å². The quantitative estimate of drug-likeness (QED) is 0.890. The molecular formula is C15H19ClN2O2. The van der Waals surface area contributed by atoms with E-state index in [0.717, 1.165) is 10.9 Å². The van der Waals surface area contributed by atoms with Crippen LogP contribution in [0.5, 0.6) is 0 Å². The maximum Gasteiger partial charge on any atom is 0.269 e. The molecule has 1 heterocycles. The minimum Gasteiger partial charge on any atom is -0.396 e. The lowest BCUT2D eigenvalue weighted by Crippen LogP contribution is -2.30. The van der Waals surface area contributed by atoms with Crippen LogP contribution >= 0.6 is 11.6 Å². The van der Waals surface area contributed by atoms with Gasteiger partial charge in [-0.05, 0) is 18.4 Å². The highest BCUT2D eigenvalue weighted by Crippen LogP contribution is 2.29. The summed E-state index contributed by atoms with van der Waals surface area (Å²) >= 11 is 6.31. The van der Waals surface area contributed by atoms with Crippen molar-refractivity contribution < 1.29 is 9.90 Å². The third kappa shape index (κ3) is 2.81. The summed E-state index contributed by atoms with van der Waals surface area (Å²) in [5.41, 5.74) is 1.41. The highest BCUT2D eigenvalue weighted by molar-refractivity contribution is 6.38. The van der Waals surface area contributed by atoms with Crippen LogP contribution in [0.15, 0.2) is 24.3 Å². The number of amides is 1. The zero-order chi connectivity index (χ0) is 14.7. The molecule has 5 heteroatoms. The van der Waals surface area contributed by atoms with Gasteiger partial charge in [0, 0.05) is 31.1 Å². The Labute approximate surface area is 123 Å². The normalized spacial score (nSPS) is 12.6. The highest BCUT2D eigenvalue weighted by atomic mass is 35.5. The molecule has 0 aliphatic rings. The number of hydrogen-bond donors (Lipinski definition) is 2. The Kier molecular flexibility index (Phi) is 4.68. The van der Waals surface area contributed by atoms with E-state index >= 15 is 0 Å². The van der Waals surface area contributed by atoms with E-state index in [1.165, 1.54) is 0 Å². The molecular weight excluding hydrogens is 276 g/mol. The van der Waals surface area contributed by atoms with E-state index in [4.69, 9.17) is 16.7 Å². The predicted molar refractivity (Wildman–Crippen MR) is 81.1 cm³/mol. The van der Waals surface area contributed by atoms with Gasteiger partial charge in [0.1, 0.15) is 5.69 Å². The summed E-state index contributed by atoms with van der Waals surface area (Å²) in [6.45, 7) is 2.64. The van der Waals surface area contributed by atoms with Gasteiger partial charge in [-0.1, -0.05) is 36.7 Å². The number of rotatable bonds is 5. The highest BCUT2D eigenvalue weighted by Gasteiger charge is 2.19. The Balaban J connectivity index is 2.22. The van der Waals surface area contributed by atoms with Crippen LogP contribution in [0.1, 0.15) is 23.8 Å². The predicted octanol–water partition coefficient (Wildman–Crippen LogP) is 2.58. The fraction of sp³-hybridized carbons (Fsp3) is 0.400. The van der Waals surface area contributed by atoms with Crippen LogP contribution in [0.3, 0.4) is 0 Å². The first kappa shape index (κ1) is 14.9. The minimum absolute atomic E-state index is 0.131. The first-order valence-electron chi connectivity index (χ1n) is 6.68. The molecule has 2 rings (SSSR count). The topological polar surface area (TPSA) is 54.3 Å². The van der Waals surface area contributed by atoms with Crippen molar-refractivity contribution in [2.45, 2.75) is 13.3 Å². The Bertz CT molecular complexity index is 583. The Morgan fingerprint density at radius 3 is 2.80 bits per heavy atom. The van der Waals surface area contributed by atoms with Crippen LogP contribution in [0.4, 0.5) is 0 Å². The average molecular weight is 295 g/mol. The third-order valence-corrected chi connectivity index (χ3v) is 3.88. The fourth-order valence-corrected chi connectivity index (χ4v) is 2.64. The van der Waals surface area contributed by atoms with E-state index in [9.17, 15) is 4.79 Å². The molecule has 4 nitrogen and oxygen atoms in total. The number of aromatic nitrogens is 1. The summed E-state index contributed by atoms with van der Waals surface area (Å²) in [6.07, 6.45) is 0.670. The molecule has 1 unspecified atom stereocenters. The summed E-state index contributed by atoms with van der Waals surface area (Å²) in [6, 6.07) is 7.66. The van der Waals surface area contributed by atoms with Crippen LogP contribution in [0.25, 0.3) is 10.9 Å². The molecule has 0 radical (unpaired) electrons. The lowest BCUT2D eigenvalue weighted by molar-refractivity contribution is 0.0938. The van der Waals surface area contributed by atoms with Crippen molar-refractivity contribution in [3.05, 3.63) is 35.0 Å². The molecule has 0 saturated carbocycles. The van der Waals surface area contributed by atoms with Gasteiger partial charge >= 0.3 is 0 Å². The number of carbonyl (C=O) groups excluding carboxylic acids is 1. The maximum absolute atomic E-state index is 12.3. The van der Waals surface area contributed by atoms with Gasteiger partial charge in [0.2, 0.25) is 0 Å². The monoisotopic (exact) mass is 294 g/mol. The molecule has 2 N–H and O–H groups in total. The van der Waals surface area contributed by atoms with Crippen LogP contribution in [0.2, 0.25) is 5.02 Å². The van der Waals surface area contributed by atoms with Gasteiger partial charge in [-0.3, -0.25) is 4.79 Å². The van der Waals surface area contributed by atoms with Gasteiger partial charge in [0.05, 0.1) is 5.02 Å². The van der Waals surface area contributed by atoms with Crippen molar-refractivity contribution in [1.82, 2.24) is 9.88 Å². The standard InChI is InChI=1S/C15H19ClN2O2/c1-10(7-8-19)9-17-15(20)14-13(16)11-5-3-4-6-12(11)18(14)2/h3-6,10,19H,7-9H2,1-2H3,(H,17,20). The van der Waals surface area contributed by atoms with E-state index in [0.29, 0.717) is 23.7 Å². The van der Waals surface area contributed by atoms with E-state index in [2.05, 4.69) is 5.32 Å². The van der Waals surface area contributed by atoms with E-state index in [1.807, 2.05) is 42.8 Å². The molecule has 0 bridgehead atoms. The molecule has 1 amide bonds. The van der Waals surface area contributed by atoms with Gasteiger partial charge in [0.25, 0.3) is 5.91 Å². The fourth-order valence-electron chi connectivity index (χ4n) is 2.27. The number of nitrogens with one attached hydrogen (secondary N) is 1. The van der Waals surface area contributed by atoms with E-state index < -0.39 is 0 Å². The molecule has 0 fully saturated rings. The Hall–Kier alpha value is -1.52. The number of halogens is 1. The summed E-state index contributed by atoms with van der Waals surface area (Å²) in [4.78, 5) is 12.3. The summed E-state index contributed by atoms with van der Waals surface area (Å²) in [5.74, 6) is 0.0518.